The first-order valence-electron chi connectivity index (χ1n) is 6.78. The lowest BCUT2D eigenvalue weighted by molar-refractivity contribution is -0.129. The highest BCUT2D eigenvalue weighted by Crippen LogP contribution is 2.27. The Balaban J connectivity index is 2.20. The summed E-state index contributed by atoms with van der Waals surface area (Å²) in [6.45, 7) is 5.71. The maximum Gasteiger partial charge on any atom is 0.242 e. The van der Waals surface area contributed by atoms with E-state index in [2.05, 4.69) is 10.2 Å². The number of likely N-dealkylation sites (N-methyl/N-ethyl adjacent to an activating group) is 2. The average molecular weight is 275 g/mol. The molecule has 0 saturated carbocycles. The van der Waals surface area contributed by atoms with Gasteiger partial charge < -0.3 is 15.5 Å². The number of aromatic amines is 1. The molecule has 2 aromatic rings. The van der Waals surface area contributed by atoms with Crippen LogP contribution in [0.3, 0.4) is 0 Å². The van der Waals surface area contributed by atoms with Crippen molar-refractivity contribution in [1.29, 1.82) is 0 Å². The molecule has 6 nitrogen and oxygen atoms in total. The molecule has 0 unspecified atom stereocenters. The van der Waals surface area contributed by atoms with Gasteiger partial charge >= 0.3 is 0 Å². The molecule has 1 aromatic carbocycles. The number of aromatic nitrogens is 2. The molecule has 1 aromatic heterocycles. The fourth-order valence-corrected chi connectivity index (χ4v) is 2.29. The molecule has 0 aliphatic rings. The van der Waals surface area contributed by atoms with Crippen molar-refractivity contribution in [2.45, 2.75) is 13.8 Å². The molecule has 108 valence electrons. The lowest BCUT2D eigenvalue weighted by Gasteiger charge is -2.25. The zero-order valence-corrected chi connectivity index (χ0v) is 12.2. The minimum absolute atomic E-state index is 0.0987. The smallest absolute Gasteiger partial charge is 0.242 e. The molecular weight excluding hydrogens is 254 g/mol. The number of carbonyl (C=O) groups excluding carboxylic acids is 1. The molecule has 0 saturated heterocycles. The molecule has 0 radical (unpaired) electrons. The number of anilines is 2. The highest BCUT2D eigenvalue weighted by Gasteiger charge is 2.15. The van der Waals surface area contributed by atoms with E-state index in [1.165, 1.54) is 0 Å². The molecule has 1 heterocycles. The summed E-state index contributed by atoms with van der Waals surface area (Å²) >= 11 is 0. The zero-order chi connectivity index (χ0) is 14.7. The average Bonchev–Trinajstić information content (AvgIpc) is 2.86. The number of nitrogens with zero attached hydrogens (tertiary/aromatic N) is 3. The SMILES string of the molecule is CCN(CC)C(=O)CN(C)c1cc2[nH]ncc2cc1N. The first-order chi connectivity index (χ1) is 9.56. The van der Waals surface area contributed by atoms with Gasteiger partial charge in [0.05, 0.1) is 29.6 Å². The monoisotopic (exact) mass is 275 g/mol. The summed E-state index contributed by atoms with van der Waals surface area (Å²) in [5, 5.41) is 7.86. The van der Waals surface area contributed by atoms with Crippen LogP contribution in [0.15, 0.2) is 18.3 Å². The molecule has 0 aliphatic heterocycles. The van der Waals surface area contributed by atoms with Gasteiger partial charge in [-0.1, -0.05) is 0 Å². The van der Waals surface area contributed by atoms with E-state index in [1.54, 1.807) is 11.1 Å². The van der Waals surface area contributed by atoms with E-state index in [4.69, 9.17) is 5.73 Å². The van der Waals surface area contributed by atoms with Gasteiger partial charge in [0.15, 0.2) is 0 Å². The van der Waals surface area contributed by atoms with Gasteiger partial charge in [-0.2, -0.15) is 5.10 Å². The predicted octanol–water partition coefficient (Wildman–Crippen LogP) is 1.45. The molecular formula is C14H21N5O. The molecule has 0 spiro atoms. The Bertz CT molecular complexity index is 603. The van der Waals surface area contributed by atoms with E-state index in [9.17, 15) is 4.79 Å². The molecule has 2 rings (SSSR count). The molecule has 3 N–H and O–H groups in total. The van der Waals surface area contributed by atoms with Crippen molar-refractivity contribution >= 4 is 28.2 Å². The largest absolute Gasteiger partial charge is 0.397 e. The van der Waals surface area contributed by atoms with E-state index in [0.29, 0.717) is 12.2 Å². The second-order valence-electron chi connectivity index (χ2n) is 4.79. The van der Waals surface area contributed by atoms with Crippen molar-refractivity contribution in [3.05, 3.63) is 18.3 Å². The Morgan fingerprint density at radius 3 is 2.70 bits per heavy atom. The number of nitrogens with two attached hydrogens (primary N) is 1. The van der Waals surface area contributed by atoms with Crippen molar-refractivity contribution in [3.63, 3.8) is 0 Å². The number of H-pyrrole nitrogens is 1. The predicted molar refractivity (Wildman–Crippen MR) is 81.7 cm³/mol. The number of amides is 1. The minimum Gasteiger partial charge on any atom is -0.397 e. The van der Waals surface area contributed by atoms with Crippen molar-refractivity contribution in [2.24, 2.45) is 0 Å². The Kier molecular flexibility index (Phi) is 4.12. The highest BCUT2D eigenvalue weighted by atomic mass is 16.2. The number of fused-ring (bicyclic) bond motifs is 1. The highest BCUT2D eigenvalue weighted by molar-refractivity contribution is 5.90. The first-order valence-corrected chi connectivity index (χ1v) is 6.78. The summed E-state index contributed by atoms with van der Waals surface area (Å²) < 4.78 is 0. The molecule has 0 atom stereocenters. The van der Waals surface area contributed by atoms with Gasteiger partial charge in [-0.3, -0.25) is 9.89 Å². The summed E-state index contributed by atoms with van der Waals surface area (Å²) in [4.78, 5) is 15.8. The maximum atomic E-state index is 12.1. The Hall–Kier alpha value is -2.24. The third-order valence-corrected chi connectivity index (χ3v) is 3.49. The van der Waals surface area contributed by atoms with Gasteiger partial charge in [-0.15, -0.1) is 0 Å². The van der Waals surface area contributed by atoms with Crippen LogP contribution in [0.5, 0.6) is 0 Å². The molecule has 6 heteroatoms. The fraction of sp³-hybridized carbons (Fsp3) is 0.429. The molecule has 0 aliphatic carbocycles. The summed E-state index contributed by atoms with van der Waals surface area (Å²) in [5.74, 6) is 0.0987. The minimum atomic E-state index is 0.0987. The Morgan fingerprint density at radius 1 is 1.35 bits per heavy atom. The number of benzene rings is 1. The summed E-state index contributed by atoms with van der Waals surface area (Å²) in [6.07, 6.45) is 1.73. The third-order valence-electron chi connectivity index (χ3n) is 3.49. The van der Waals surface area contributed by atoms with Crippen LogP contribution in [0.25, 0.3) is 10.9 Å². The van der Waals surface area contributed by atoms with Crippen LogP contribution in [-0.2, 0) is 4.79 Å². The Labute approximate surface area is 118 Å². The summed E-state index contributed by atoms with van der Waals surface area (Å²) in [6, 6.07) is 3.79. The molecule has 20 heavy (non-hydrogen) atoms. The standard InChI is InChI=1S/C14H21N5O/c1-4-19(5-2)14(20)9-18(3)13-7-12-10(6-11(13)15)8-16-17-12/h6-8H,4-5,9,15H2,1-3H3,(H,16,17). The molecule has 1 amide bonds. The van der Waals surface area contributed by atoms with Gasteiger partial charge in [0.2, 0.25) is 5.91 Å². The van der Waals surface area contributed by atoms with E-state index in [-0.39, 0.29) is 5.91 Å². The van der Waals surface area contributed by atoms with Crippen LogP contribution in [0, 0.1) is 0 Å². The number of rotatable bonds is 5. The van der Waals surface area contributed by atoms with Gasteiger partial charge in [-0.25, -0.2) is 0 Å². The zero-order valence-electron chi connectivity index (χ0n) is 12.2. The van der Waals surface area contributed by atoms with Crippen LogP contribution < -0.4 is 10.6 Å². The van der Waals surface area contributed by atoms with Crippen molar-refractivity contribution in [1.82, 2.24) is 15.1 Å². The van der Waals surface area contributed by atoms with E-state index < -0.39 is 0 Å². The number of hydrogen-bond acceptors (Lipinski definition) is 4. The van der Waals surface area contributed by atoms with Crippen LogP contribution in [0.2, 0.25) is 0 Å². The number of hydrogen-bond donors (Lipinski definition) is 2. The van der Waals surface area contributed by atoms with Crippen LogP contribution in [0.4, 0.5) is 11.4 Å². The quantitative estimate of drug-likeness (QED) is 0.810. The van der Waals surface area contributed by atoms with Crippen molar-refractivity contribution in [3.8, 4) is 0 Å². The lowest BCUT2D eigenvalue weighted by atomic mass is 10.2. The van der Waals surface area contributed by atoms with E-state index >= 15 is 0 Å². The lowest BCUT2D eigenvalue weighted by Crippen LogP contribution is -2.39. The van der Waals surface area contributed by atoms with Crippen LogP contribution in [-0.4, -0.2) is 47.7 Å². The normalized spacial score (nSPS) is 10.8. The van der Waals surface area contributed by atoms with Gasteiger partial charge in [0.25, 0.3) is 0 Å². The van der Waals surface area contributed by atoms with Gasteiger partial charge in [0.1, 0.15) is 0 Å². The van der Waals surface area contributed by atoms with Crippen molar-refractivity contribution < 1.29 is 4.79 Å². The van der Waals surface area contributed by atoms with E-state index in [0.717, 1.165) is 29.7 Å². The summed E-state index contributed by atoms with van der Waals surface area (Å²) in [7, 11) is 1.87. The van der Waals surface area contributed by atoms with E-state index in [1.807, 2.05) is 37.9 Å². The first kappa shape index (κ1) is 14.2. The van der Waals surface area contributed by atoms with Crippen LogP contribution in [0.1, 0.15) is 13.8 Å². The second kappa shape index (κ2) is 5.81. The molecule has 0 bridgehead atoms. The number of nitrogens with one attached hydrogen (secondary N) is 1. The maximum absolute atomic E-state index is 12.1. The second-order valence-corrected chi connectivity index (χ2v) is 4.79. The number of carbonyl (C=O) groups is 1. The fourth-order valence-electron chi connectivity index (χ4n) is 2.29. The van der Waals surface area contributed by atoms with Crippen LogP contribution >= 0.6 is 0 Å². The third kappa shape index (κ3) is 2.68. The van der Waals surface area contributed by atoms with Gasteiger partial charge in [0, 0.05) is 25.5 Å². The van der Waals surface area contributed by atoms with Gasteiger partial charge in [-0.05, 0) is 26.0 Å². The van der Waals surface area contributed by atoms with Crippen molar-refractivity contribution in [2.75, 3.05) is 37.3 Å². The topological polar surface area (TPSA) is 78.2 Å². The molecule has 0 fully saturated rings. The number of nitrogen functional groups attached to an aromatic ring is 1. The Morgan fingerprint density at radius 2 is 2.05 bits per heavy atom. The summed E-state index contributed by atoms with van der Waals surface area (Å²) in [5.41, 5.74) is 8.45.